The van der Waals surface area contributed by atoms with Crippen LogP contribution < -0.4 is 0 Å². The van der Waals surface area contributed by atoms with E-state index < -0.39 is 0 Å². The first-order chi connectivity index (χ1) is 12.4. The number of rotatable bonds is 4. The summed E-state index contributed by atoms with van der Waals surface area (Å²) >= 11 is 0. The van der Waals surface area contributed by atoms with E-state index >= 15 is 0 Å². The Kier molecular flexibility index (Phi) is 13.1. The maximum absolute atomic E-state index is 2.21. The third-order valence-corrected chi connectivity index (χ3v) is 4.77. The molecule has 0 bridgehead atoms. The molecule has 0 unspecified atom stereocenters. The van der Waals surface area contributed by atoms with Gasteiger partial charge in [-0.3, -0.25) is 0 Å². The summed E-state index contributed by atoms with van der Waals surface area (Å²) in [6.07, 6.45) is 2.41. The fraction of sp³-hybridized carbons (Fsp3) is 0.0833. The van der Waals surface area contributed by atoms with E-state index in [0.717, 1.165) is 8.58 Å². The molecule has 0 radical (unpaired) electrons. The van der Waals surface area contributed by atoms with Crippen molar-refractivity contribution < 1.29 is 17.1 Å². The summed E-state index contributed by atoms with van der Waals surface area (Å²) < 4.78 is 0. The predicted octanol–water partition coefficient (Wildman–Crippen LogP) is 6.87. The van der Waals surface area contributed by atoms with Crippen molar-refractivity contribution in [3.05, 3.63) is 132 Å². The minimum atomic E-state index is 0. The average Bonchev–Trinajstić information content (AvgIpc) is 3.42. The molecule has 0 heterocycles. The number of hydrogen-bond acceptors (Lipinski definition) is 0. The largest absolute Gasteiger partial charge is 2.00 e. The van der Waals surface area contributed by atoms with Gasteiger partial charge in [-0.2, -0.15) is 36.4 Å². The third kappa shape index (κ3) is 10.9. The van der Waals surface area contributed by atoms with Crippen molar-refractivity contribution in [2.75, 3.05) is 0 Å². The van der Waals surface area contributed by atoms with Gasteiger partial charge < -0.3 is 0 Å². The zero-order valence-electron chi connectivity index (χ0n) is 14.8. The molecule has 4 aromatic carbocycles. The van der Waals surface area contributed by atoms with Gasteiger partial charge in [0, 0.05) is 0 Å². The van der Waals surface area contributed by atoms with E-state index in [0.29, 0.717) is 0 Å². The molecule has 4 rings (SSSR count). The van der Waals surface area contributed by atoms with Gasteiger partial charge in [0.1, 0.15) is 0 Å². The van der Waals surface area contributed by atoms with Crippen molar-refractivity contribution >= 4 is 8.58 Å². The van der Waals surface area contributed by atoms with Gasteiger partial charge in [0.25, 0.3) is 0 Å². The molecule has 0 fully saturated rings. The maximum Gasteiger partial charge on any atom is 2.00 e. The Hall–Kier alpha value is -1.91. The van der Waals surface area contributed by atoms with Crippen LogP contribution in [-0.4, -0.2) is 0 Å². The van der Waals surface area contributed by atoms with Gasteiger partial charge in [0.15, 0.2) is 0 Å². The molecule has 0 aliphatic carbocycles. The summed E-state index contributed by atoms with van der Waals surface area (Å²) in [5, 5.41) is 0. The SMILES string of the molecule is [Fe+2].c1cc[cH-]c1.c1cc[cH-]c1.c1ccc(CPCc2ccccc2)cc1. The van der Waals surface area contributed by atoms with Gasteiger partial charge in [-0.05, 0) is 23.5 Å². The van der Waals surface area contributed by atoms with E-state index in [1.165, 1.54) is 23.5 Å². The first-order valence-corrected chi connectivity index (χ1v) is 9.98. The number of benzene rings is 2. The van der Waals surface area contributed by atoms with E-state index in [2.05, 4.69) is 60.7 Å². The van der Waals surface area contributed by atoms with Gasteiger partial charge in [-0.25, -0.2) is 24.3 Å². The van der Waals surface area contributed by atoms with Crippen LogP contribution >= 0.6 is 8.58 Å². The van der Waals surface area contributed by atoms with Crippen LogP contribution in [0.4, 0.5) is 0 Å². The van der Waals surface area contributed by atoms with Crippen LogP contribution in [0.15, 0.2) is 121 Å². The summed E-state index contributed by atoms with van der Waals surface area (Å²) in [5.41, 5.74) is 2.90. The second-order valence-electron chi connectivity index (χ2n) is 5.50. The zero-order valence-corrected chi connectivity index (χ0v) is 16.9. The molecule has 0 aliphatic heterocycles. The van der Waals surface area contributed by atoms with Crippen LogP contribution in [0.2, 0.25) is 0 Å². The van der Waals surface area contributed by atoms with Crippen LogP contribution in [0.25, 0.3) is 0 Å². The summed E-state index contributed by atoms with van der Waals surface area (Å²) in [6, 6.07) is 41.4. The fourth-order valence-electron chi connectivity index (χ4n) is 2.18. The quantitative estimate of drug-likeness (QED) is 0.199. The smallest absolute Gasteiger partial charge is 0.214 e. The molecule has 4 aromatic rings. The van der Waals surface area contributed by atoms with Gasteiger partial charge in [-0.15, -0.1) is 8.58 Å². The molecule has 134 valence electrons. The molecular formula is C24H25FeP. The van der Waals surface area contributed by atoms with Gasteiger partial charge >= 0.3 is 17.1 Å². The molecule has 0 saturated heterocycles. The van der Waals surface area contributed by atoms with Crippen LogP contribution in [0.3, 0.4) is 0 Å². The molecule has 2 heteroatoms. The summed E-state index contributed by atoms with van der Waals surface area (Å²) in [7, 11) is 0.987. The minimum Gasteiger partial charge on any atom is -0.214 e. The van der Waals surface area contributed by atoms with Crippen molar-refractivity contribution in [1.29, 1.82) is 0 Å². The topological polar surface area (TPSA) is 0 Å². The molecule has 0 N–H and O–H groups in total. The minimum absolute atomic E-state index is 0. The molecule has 0 nitrogen and oxygen atoms in total. The van der Waals surface area contributed by atoms with E-state index in [9.17, 15) is 0 Å². The van der Waals surface area contributed by atoms with Gasteiger partial charge in [-0.1, -0.05) is 60.7 Å². The Morgan fingerprint density at radius 1 is 0.500 bits per heavy atom. The molecule has 0 aliphatic rings. The molecule has 26 heavy (non-hydrogen) atoms. The molecular weight excluding hydrogens is 375 g/mol. The first kappa shape index (κ1) is 22.1. The predicted molar refractivity (Wildman–Crippen MR) is 113 cm³/mol. The van der Waals surface area contributed by atoms with E-state index in [1.807, 2.05) is 60.7 Å². The summed E-state index contributed by atoms with van der Waals surface area (Å²) in [5.74, 6) is 0. The van der Waals surface area contributed by atoms with Crippen LogP contribution in [-0.2, 0) is 29.4 Å². The number of hydrogen-bond donors (Lipinski definition) is 0. The zero-order chi connectivity index (χ0) is 17.4. The van der Waals surface area contributed by atoms with Crippen LogP contribution in [0.5, 0.6) is 0 Å². The van der Waals surface area contributed by atoms with Crippen LogP contribution in [0, 0.1) is 0 Å². The van der Waals surface area contributed by atoms with Gasteiger partial charge in [0.05, 0.1) is 0 Å². The summed E-state index contributed by atoms with van der Waals surface area (Å²) in [6.45, 7) is 0. The second kappa shape index (κ2) is 15.4. The normalized spacial score (nSPS) is 8.92. The van der Waals surface area contributed by atoms with Crippen LogP contribution in [0.1, 0.15) is 11.1 Å². The van der Waals surface area contributed by atoms with Gasteiger partial charge in [0.2, 0.25) is 0 Å². The van der Waals surface area contributed by atoms with E-state index in [4.69, 9.17) is 0 Å². The monoisotopic (exact) mass is 400 g/mol. The first-order valence-electron chi connectivity index (χ1n) is 8.57. The van der Waals surface area contributed by atoms with Crippen molar-refractivity contribution in [3.63, 3.8) is 0 Å². The Labute approximate surface area is 170 Å². The third-order valence-electron chi connectivity index (χ3n) is 3.46. The standard InChI is InChI=1S/C14H15P.2C5H5.Fe/c1-3-7-13(8-4-1)11-15-12-14-9-5-2-6-10-14;2*1-2-4-5-3-1;/h1-10,15H,11-12H2;2*1-5H;/q;2*-1;+2. The average molecular weight is 400 g/mol. The second-order valence-corrected chi connectivity index (χ2v) is 6.71. The van der Waals surface area contributed by atoms with Crippen molar-refractivity contribution in [2.45, 2.75) is 12.3 Å². The van der Waals surface area contributed by atoms with E-state index in [-0.39, 0.29) is 17.1 Å². The fourth-order valence-corrected chi connectivity index (χ4v) is 3.36. The molecule has 0 atom stereocenters. The van der Waals surface area contributed by atoms with Crippen molar-refractivity contribution in [1.82, 2.24) is 0 Å². The Morgan fingerprint density at radius 2 is 0.846 bits per heavy atom. The van der Waals surface area contributed by atoms with E-state index in [1.54, 1.807) is 0 Å². The molecule has 0 saturated carbocycles. The van der Waals surface area contributed by atoms with Crippen molar-refractivity contribution in [2.24, 2.45) is 0 Å². The Morgan fingerprint density at radius 3 is 1.12 bits per heavy atom. The van der Waals surface area contributed by atoms with Crippen molar-refractivity contribution in [3.8, 4) is 0 Å². The summed E-state index contributed by atoms with van der Waals surface area (Å²) in [4.78, 5) is 0. The maximum atomic E-state index is 2.21. The Balaban J connectivity index is 0.000000251. The molecule has 0 aromatic heterocycles. The molecule has 0 amide bonds. The Bertz CT molecular complexity index is 616. The molecule has 0 spiro atoms.